The van der Waals surface area contributed by atoms with Gasteiger partial charge in [0.05, 0.1) is 5.69 Å². The Hall–Kier alpha value is -0.00766. The zero-order chi connectivity index (χ0) is 6.53. The molecule has 0 aromatic heterocycles. The van der Waals surface area contributed by atoms with E-state index in [0.717, 1.165) is 0 Å². The molecular weight excluding hydrogens is 347 g/mol. The zero-order valence-corrected chi connectivity index (χ0v) is 9.12. The molecular formula is C7H7INOPd-. The van der Waals surface area contributed by atoms with E-state index in [1.54, 1.807) is 18.5 Å². The molecule has 4 heteroatoms. The maximum Gasteiger partial charge on any atom is 0.456 e. The third kappa shape index (κ3) is 5.28. The summed E-state index contributed by atoms with van der Waals surface area (Å²) in [6, 6.07) is 9.90. The van der Waals surface area contributed by atoms with Gasteiger partial charge in [0.25, 0.3) is 0 Å². The van der Waals surface area contributed by atoms with Gasteiger partial charge in [-0.3, -0.25) is 0 Å². The fraction of sp³-hybridized carbons (Fsp3) is 0. The van der Waals surface area contributed by atoms with Crippen molar-refractivity contribution in [1.29, 1.82) is 0 Å². The van der Waals surface area contributed by atoms with Crippen molar-refractivity contribution in [1.82, 2.24) is 0 Å². The van der Waals surface area contributed by atoms with Gasteiger partial charge >= 0.3 is 6.41 Å². The maximum atomic E-state index is 9.72. The second-order valence-corrected chi connectivity index (χ2v) is 1.50. The Morgan fingerprint density at radius 3 is 2.73 bits per heavy atom. The molecule has 1 N–H and O–H groups in total. The summed E-state index contributed by atoms with van der Waals surface area (Å²) < 4.78 is 0. The van der Waals surface area contributed by atoms with E-state index in [0.29, 0.717) is 5.69 Å². The molecule has 1 aromatic carbocycles. The van der Waals surface area contributed by atoms with E-state index < -0.39 is 0 Å². The zero-order valence-electron chi connectivity index (χ0n) is 5.41. The Bertz CT molecular complexity index is 198. The number of hydrogen-bond donors (Lipinski definition) is 1. The van der Waals surface area contributed by atoms with Crippen LogP contribution < -0.4 is 29.3 Å². The van der Waals surface area contributed by atoms with Crippen LogP contribution in [0.2, 0.25) is 0 Å². The van der Waals surface area contributed by atoms with Gasteiger partial charge in [-0.05, 0) is 0 Å². The predicted octanol–water partition coefficient (Wildman–Crippen LogP) is -1.79. The molecule has 0 saturated carbocycles. The van der Waals surface area contributed by atoms with Crippen molar-refractivity contribution < 1.29 is 50.6 Å². The van der Waals surface area contributed by atoms with Gasteiger partial charge in [0.1, 0.15) is 0 Å². The average molecular weight is 354 g/mol. The summed E-state index contributed by atoms with van der Waals surface area (Å²) in [5.41, 5.74) is 0.646. The molecule has 0 spiro atoms. The third-order valence-corrected chi connectivity index (χ3v) is 0.895. The smallest absolute Gasteiger partial charge is 0.456 e. The van der Waals surface area contributed by atoms with E-state index in [2.05, 4.69) is 11.4 Å². The fourth-order valence-corrected chi connectivity index (χ4v) is 0.526. The van der Waals surface area contributed by atoms with Crippen LogP contribution >= 0.6 is 0 Å². The van der Waals surface area contributed by atoms with E-state index in [1.165, 1.54) is 0 Å². The van der Waals surface area contributed by atoms with Gasteiger partial charge in [0, 0.05) is 21.8 Å². The number of halogens is 1. The third-order valence-electron chi connectivity index (χ3n) is 0.895. The number of amides is 1. The molecule has 0 saturated heterocycles. The fourth-order valence-electron chi connectivity index (χ4n) is 0.526. The molecule has 2 nitrogen and oxygen atoms in total. The van der Waals surface area contributed by atoms with Crippen molar-refractivity contribution in [2.24, 2.45) is 0 Å². The molecule has 11 heavy (non-hydrogen) atoms. The first kappa shape index (κ1) is 13.6. The number of nitrogens with one attached hydrogen (secondary N) is 1. The first-order valence-electron chi connectivity index (χ1n) is 2.53. The van der Waals surface area contributed by atoms with Crippen LogP contribution in [0, 0.1) is 6.07 Å². The SMILES string of the molecule is O=[C+]Nc1[c-]cccc1.[HH].[I-].[Pd]. The molecule has 1 aromatic rings. The molecule has 1 rings (SSSR count). The summed E-state index contributed by atoms with van der Waals surface area (Å²) in [5, 5.41) is 2.35. The Balaban J connectivity index is -0.000000270. The molecule has 0 radical (unpaired) electrons. The Morgan fingerprint density at radius 1 is 1.55 bits per heavy atom. The van der Waals surface area contributed by atoms with Crippen LogP contribution in [-0.2, 0) is 25.2 Å². The van der Waals surface area contributed by atoms with Gasteiger partial charge in [-0.2, -0.15) is 18.2 Å². The van der Waals surface area contributed by atoms with E-state index in [1.807, 2.05) is 12.1 Å². The Morgan fingerprint density at radius 2 is 2.27 bits per heavy atom. The molecule has 0 aliphatic rings. The van der Waals surface area contributed by atoms with Crippen LogP contribution in [0.25, 0.3) is 0 Å². The number of rotatable bonds is 2. The minimum Gasteiger partial charge on any atom is -1.00 e. The molecule has 64 valence electrons. The second kappa shape index (κ2) is 8.09. The summed E-state index contributed by atoms with van der Waals surface area (Å²) in [6.07, 6.45) is 1.55. The minimum atomic E-state index is 0. The normalized spacial score (nSPS) is 6.55. The van der Waals surface area contributed by atoms with Crippen molar-refractivity contribution in [3.05, 3.63) is 30.3 Å². The van der Waals surface area contributed by atoms with Gasteiger partial charge < -0.3 is 24.0 Å². The summed E-state index contributed by atoms with van der Waals surface area (Å²) in [4.78, 5) is 9.72. The molecule has 0 heterocycles. The minimum absolute atomic E-state index is 0. The van der Waals surface area contributed by atoms with Crippen molar-refractivity contribution >= 4 is 12.1 Å². The number of para-hydroxylation sites is 1. The van der Waals surface area contributed by atoms with Crippen molar-refractivity contribution in [2.45, 2.75) is 0 Å². The first-order valence-corrected chi connectivity index (χ1v) is 2.53. The van der Waals surface area contributed by atoms with Gasteiger partial charge in [0.2, 0.25) is 0 Å². The largest absolute Gasteiger partial charge is 1.00 e. The topological polar surface area (TPSA) is 29.1 Å². The van der Waals surface area contributed by atoms with Crippen LogP contribution in [-0.4, -0.2) is 6.41 Å². The average Bonchev–Trinajstić information content (AvgIpc) is 1.91. The molecule has 0 aliphatic heterocycles. The van der Waals surface area contributed by atoms with Crippen molar-refractivity contribution in [3.63, 3.8) is 0 Å². The van der Waals surface area contributed by atoms with Gasteiger partial charge in [-0.15, -0.1) is 5.32 Å². The standard InChI is InChI=1S/C7H5NO.HI.Pd.H2/c9-6-8-7-4-2-1-3-5-7;;;/h1-4H,(H,8,9);1H;;1H/p-1. The number of hydrogen-bond acceptors (Lipinski definition) is 1. The summed E-state index contributed by atoms with van der Waals surface area (Å²) >= 11 is 0. The molecule has 0 fully saturated rings. The monoisotopic (exact) mass is 354 g/mol. The van der Waals surface area contributed by atoms with Gasteiger partial charge in [-0.25, -0.2) is 0 Å². The number of carbonyl (C=O) groups excluding carboxylic acids is 1. The van der Waals surface area contributed by atoms with Crippen molar-refractivity contribution in [3.8, 4) is 0 Å². The molecule has 0 unspecified atom stereocenters. The first-order chi connectivity index (χ1) is 4.43. The van der Waals surface area contributed by atoms with Crippen LogP contribution in [0.3, 0.4) is 0 Å². The van der Waals surface area contributed by atoms with E-state index in [-0.39, 0.29) is 45.8 Å². The predicted molar refractivity (Wildman–Crippen MR) is 36.7 cm³/mol. The number of benzene rings is 1. The molecule has 0 atom stereocenters. The molecule has 0 bridgehead atoms. The van der Waals surface area contributed by atoms with Crippen LogP contribution in [0.1, 0.15) is 1.43 Å². The van der Waals surface area contributed by atoms with E-state index in [4.69, 9.17) is 0 Å². The molecule has 1 amide bonds. The van der Waals surface area contributed by atoms with E-state index in [9.17, 15) is 4.79 Å². The Kier molecular flexibility index (Phi) is 9.99. The van der Waals surface area contributed by atoms with Crippen LogP contribution in [0.5, 0.6) is 0 Å². The van der Waals surface area contributed by atoms with Gasteiger partial charge in [-0.1, -0.05) is 16.9 Å². The summed E-state index contributed by atoms with van der Waals surface area (Å²) in [5.74, 6) is 0. The second-order valence-electron chi connectivity index (χ2n) is 1.50. The Labute approximate surface area is 97.9 Å². The maximum absolute atomic E-state index is 9.72. The summed E-state index contributed by atoms with van der Waals surface area (Å²) in [6.45, 7) is 0. The van der Waals surface area contributed by atoms with E-state index >= 15 is 0 Å². The summed E-state index contributed by atoms with van der Waals surface area (Å²) in [7, 11) is 0. The quantitative estimate of drug-likeness (QED) is 0.289. The van der Waals surface area contributed by atoms with Crippen LogP contribution in [0.4, 0.5) is 5.69 Å². The molecule has 0 aliphatic carbocycles. The number of anilines is 1. The van der Waals surface area contributed by atoms with Gasteiger partial charge in [0.15, 0.2) is 0 Å². The van der Waals surface area contributed by atoms with Crippen molar-refractivity contribution in [2.75, 3.05) is 5.32 Å². The van der Waals surface area contributed by atoms with Crippen LogP contribution in [0.15, 0.2) is 24.3 Å².